The second-order valence-corrected chi connectivity index (χ2v) is 7.14. The maximum Gasteiger partial charge on any atom is 0.338 e. The van der Waals surface area contributed by atoms with Gasteiger partial charge < -0.3 is 14.6 Å². The summed E-state index contributed by atoms with van der Waals surface area (Å²) < 4.78 is 6.76. The van der Waals surface area contributed by atoms with Crippen LogP contribution in [0.3, 0.4) is 0 Å². The van der Waals surface area contributed by atoms with E-state index >= 15 is 0 Å². The predicted molar refractivity (Wildman–Crippen MR) is 119 cm³/mol. The molecule has 4 aromatic rings. The molecular formula is C24H21N3O4. The Morgan fingerprint density at radius 3 is 2.58 bits per heavy atom. The molecule has 3 aromatic carbocycles. The lowest BCUT2D eigenvalue weighted by atomic mass is 10.1. The number of fused-ring (bicyclic) bond motifs is 2. The number of benzene rings is 3. The highest BCUT2D eigenvalue weighted by Crippen LogP contribution is 2.19. The third kappa shape index (κ3) is 4.16. The molecule has 1 heterocycles. The van der Waals surface area contributed by atoms with Crippen LogP contribution in [0.25, 0.3) is 21.8 Å². The van der Waals surface area contributed by atoms with E-state index in [1.54, 1.807) is 35.8 Å². The first-order valence-electron chi connectivity index (χ1n) is 9.93. The summed E-state index contributed by atoms with van der Waals surface area (Å²) in [5, 5.41) is 4.80. The Morgan fingerprint density at radius 1 is 1.03 bits per heavy atom. The molecule has 1 amide bonds. The van der Waals surface area contributed by atoms with Gasteiger partial charge in [0, 0.05) is 12.2 Å². The molecule has 7 heteroatoms. The molecule has 0 saturated carbocycles. The van der Waals surface area contributed by atoms with E-state index in [0.29, 0.717) is 29.0 Å². The third-order valence-electron chi connectivity index (χ3n) is 5.03. The molecule has 1 aromatic heterocycles. The van der Waals surface area contributed by atoms with Crippen molar-refractivity contribution in [1.82, 2.24) is 9.55 Å². The van der Waals surface area contributed by atoms with E-state index in [9.17, 15) is 14.4 Å². The fourth-order valence-corrected chi connectivity index (χ4v) is 3.49. The van der Waals surface area contributed by atoms with Crippen molar-refractivity contribution >= 4 is 39.4 Å². The van der Waals surface area contributed by atoms with Crippen molar-refractivity contribution in [3.8, 4) is 0 Å². The van der Waals surface area contributed by atoms with Gasteiger partial charge in [0.25, 0.3) is 11.5 Å². The molecule has 7 nitrogen and oxygen atoms in total. The highest BCUT2D eigenvalue weighted by Gasteiger charge is 2.14. The van der Waals surface area contributed by atoms with Crippen LogP contribution in [0.5, 0.6) is 0 Å². The van der Waals surface area contributed by atoms with E-state index in [1.807, 2.05) is 43.3 Å². The normalized spacial score (nSPS) is 10.9. The zero-order valence-corrected chi connectivity index (χ0v) is 17.2. The summed E-state index contributed by atoms with van der Waals surface area (Å²) in [6.45, 7) is 3.59. The number of hydrogen-bond acceptors (Lipinski definition) is 5. The second kappa shape index (κ2) is 8.39. The van der Waals surface area contributed by atoms with Gasteiger partial charge in [-0.25, -0.2) is 9.78 Å². The Hall–Kier alpha value is -4.00. The second-order valence-electron chi connectivity index (χ2n) is 7.14. The summed E-state index contributed by atoms with van der Waals surface area (Å²) in [6, 6.07) is 18.2. The van der Waals surface area contributed by atoms with Gasteiger partial charge in [0.1, 0.15) is 5.69 Å². The molecule has 0 radical (unpaired) electrons. The number of carbonyl (C=O) groups excluding carboxylic acids is 2. The summed E-state index contributed by atoms with van der Waals surface area (Å²) in [5.41, 5.74) is 2.25. The number of nitrogens with one attached hydrogen (secondary N) is 1. The Balaban J connectivity index is 1.45. The molecule has 1 N–H and O–H groups in total. The van der Waals surface area contributed by atoms with Crippen molar-refractivity contribution in [3.05, 3.63) is 82.3 Å². The number of amides is 1. The first-order chi connectivity index (χ1) is 15.0. The third-order valence-corrected chi connectivity index (χ3v) is 5.03. The molecule has 0 bridgehead atoms. The van der Waals surface area contributed by atoms with E-state index in [1.165, 1.54) is 0 Å². The fourth-order valence-electron chi connectivity index (χ4n) is 3.49. The number of anilines is 1. The molecule has 0 saturated heterocycles. The van der Waals surface area contributed by atoms with Gasteiger partial charge in [0.15, 0.2) is 6.61 Å². The molecule has 4 rings (SSSR count). The molecule has 156 valence electrons. The van der Waals surface area contributed by atoms with Gasteiger partial charge in [-0.15, -0.1) is 0 Å². The molecule has 0 spiro atoms. The summed E-state index contributed by atoms with van der Waals surface area (Å²) in [5.74, 6) is -1.07. The molecule has 31 heavy (non-hydrogen) atoms. The minimum atomic E-state index is -0.635. The number of rotatable bonds is 5. The van der Waals surface area contributed by atoms with Crippen molar-refractivity contribution < 1.29 is 14.3 Å². The van der Waals surface area contributed by atoms with Crippen molar-refractivity contribution in [2.45, 2.75) is 20.4 Å². The number of aromatic nitrogens is 2. The van der Waals surface area contributed by atoms with Gasteiger partial charge >= 0.3 is 5.97 Å². The predicted octanol–water partition coefficient (Wildman–Crippen LogP) is 3.67. The Bertz CT molecular complexity index is 1370. The lowest BCUT2D eigenvalue weighted by Gasteiger charge is -2.10. The van der Waals surface area contributed by atoms with Crippen LogP contribution < -0.4 is 10.9 Å². The van der Waals surface area contributed by atoms with Crippen LogP contribution in [0.2, 0.25) is 0 Å². The van der Waals surface area contributed by atoms with Gasteiger partial charge in [-0.2, -0.15) is 0 Å². The Labute approximate surface area is 178 Å². The Kier molecular flexibility index (Phi) is 5.49. The average Bonchev–Trinajstić information content (AvgIpc) is 2.78. The maximum absolute atomic E-state index is 12.4. The van der Waals surface area contributed by atoms with Crippen LogP contribution in [-0.2, 0) is 16.1 Å². The monoisotopic (exact) mass is 415 g/mol. The van der Waals surface area contributed by atoms with Crippen LogP contribution in [0, 0.1) is 6.92 Å². The van der Waals surface area contributed by atoms with Crippen molar-refractivity contribution in [1.29, 1.82) is 0 Å². The largest absolute Gasteiger partial charge is 0.452 e. The van der Waals surface area contributed by atoms with Gasteiger partial charge in [-0.1, -0.05) is 30.3 Å². The molecule has 0 aliphatic heterocycles. The highest BCUT2D eigenvalue weighted by atomic mass is 16.5. The summed E-state index contributed by atoms with van der Waals surface area (Å²) in [6.07, 6.45) is 0. The minimum absolute atomic E-state index is 0.157. The van der Waals surface area contributed by atoms with Crippen LogP contribution in [-0.4, -0.2) is 28.0 Å². The number of carbonyl (C=O) groups is 2. The topological polar surface area (TPSA) is 90.3 Å². The fraction of sp³-hybridized carbons (Fsp3) is 0.167. The number of hydrogen-bond donors (Lipinski definition) is 1. The SMILES string of the molecule is CCn1c(=O)c(C)nc2cc(C(=O)OCC(=O)Nc3ccc4ccccc4c3)ccc21. The van der Waals surface area contributed by atoms with Crippen LogP contribution in [0.4, 0.5) is 5.69 Å². The molecule has 0 aliphatic carbocycles. The molecule has 0 unspecified atom stereocenters. The quantitative estimate of drug-likeness (QED) is 0.502. The van der Waals surface area contributed by atoms with E-state index in [-0.39, 0.29) is 11.1 Å². The number of ether oxygens (including phenoxy) is 1. The van der Waals surface area contributed by atoms with Crippen LogP contribution >= 0.6 is 0 Å². The van der Waals surface area contributed by atoms with Gasteiger partial charge in [-0.05, 0) is 55.0 Å². The van der Waals surface area contributed by atoms with Gasteiger partial charge in [-0.3, -0.25) is 9.59 Å². The average molecular weight is 415 g/mol. The first kappa shape index (κ1) is 20.3. The van der Waals surface area contributed by atoms with Crippen LogP contribution in [0.15, 0.2) is 65.5 Å². The summed E-state index contributed by atoms with van der Waals surface area (Å²) in [7, 11) is 0. The van der Waals surface area contributed by atoms with E-state index in [2.05, 4.69) is 10.3 Å². The lowest BCUT2D eigenvalue weighted by molar-refractivity contribution is -0.119. The molecule has 0 fully saturated rings. The lowest BCUT2D eigenvalue weighted by Crippen LogP contribution is -2.23. The van der Waals surface area contributed by atoms with Gasteiger partial charge in [0.2, 0.25) is 0 Å². The minimum Gasteiger partial charge on any atom is -0.452 e. The van der Waals surface area contributed by atoms with E-state index < -0.39 is 18.5 Å². The number of aryl methyl sites for hydroxylation is 2. The molecule has 0 atom stereocenters. The van der Waals surface area contributed by atoms with Gasteiger partial charge in [0.05, 0.1) is 16.6 Å². The zero-order valence-electron chi connectivity index (χ0n) is 17.2. The molecular weight excluding hydrogens is 394 g/mol. The number of esters is 1. The Morgan fingerprint density at radius 2 is 1.81 bits per heavy atom. The standard InChI is InChI=1S/C24H21N3O4/c1-3-27-21-11-9-18(13-20(21)25-15(2)23(27)29)24(30)31-14-22(28)26-19-10-8-16-6-4-5-7-17(16)12-19/h4-13H,3,14H2,1-2H3,(H,26,28). The number of nitrogens with zero attached hydrogens (tertiary/aromatic N) is 2. The summed E-state index contributed by atoms with van der Waals surface area (Å²) in [4.78, 5) is 41.1. The molecule has 0 aliphatic rings. The zero-order chi connectivity index (χ0) is 22.0. The smallest absolute Gasteiger partial charge is 0.338 e. The highest BCUT2D eigenvalue weighted by molar-refractivity contribution is 5.98. The van der Waals surface area contributed by atoms with Crippen molar-refractivity contribution in [3.63, 3.8) is 0 Å². The van der Waals surface area contributed by atoms with Crippen molar-refractivity contribution in [2.24, 2.45) is 0 Å². The van der Waals surface area contributed by atoms with E-state index in [0.717, 1.165) is 10.8 Å². The van der Waals surface area contributed by atoms with Crippen LogP contribution in [0.1, 0.15) is 23.0 Å². The summed E-state index contributed by atoms with van der Waals surface area (Å²) >= 11 is 0. The maximum atomic E-state index is 12.4. The van der Waals surface area contributed by atoms with Crippen molar-refractivity contribution in [2.75, 3.05) is 11.9 Å². The first-order valence-corrected chi connectivity index (χ1v) is 9.93. The van der Waals surface area contributed by atoms with E-state index in [4.69, 9.17) is 4.74 Å².